The third-order valence-electron chi connectivity index (χ3n) is 6.53. The van der Waals surface area contributed by atoms with Gasteiger partial charge in [0.25, 0.3) is 0 Å². The summed E-state index contributed by atoms with van der Waals surface area (Å²) in [5.41, 5.74) is 8.39. The molecule has 3 heterocycles. The van der Waals surface area contributed by atoms with Crippen molar-refractivity contribution < 1.29 is 18.7 Å². The Morgan fingerprint density at radius 3 is 2.79 bits per heavy atom. The summed E-state index contributed by atoms with van der Waals surface area (Å²) in [5.74, 6) is 1.14. The summed E-state index contributed by atoms with van der Waals surface area (Å²) in [5, 5.41) is 2.75. The molecule has 0 bridgehead atoms. The summed E-state index contributed by atoms with van der Waals surface area (Å²) < 4.78 is 26.3. The summed E-state index contributed by atoms with van der Waals surface area (Å²) >= 11 is 0. The zero-order chi connectivity index (χ0) is 26.9. The number of nitrogens with two attached hydrogens (primary N) is 1. The number of fused-ring (bicyclic) bond motifs is 1. The average Bonchev–Trinajstić information content (AvgIpc) is 2.92. The first-order chi connectivity index (χ1) is 18.5. The number of alkyl halides is 1. The van der Waals surface area contributed by atoms with Crippen molar-refractivity contribution in [2.75, 3.05) is 39.1 Å². The summed E-state index contributed by atoms with van der Waals surface area (Å²) in [6.45, 7) is 3.92. The molecule has 0 aliphatic carbocycles. The largest absolute Gasteiger partial charge is 0.490 e. The number of piperidine rings is 1. The van der Waals surface area contributed by atoms with Gasteiger partial charge in [-0.15, -0.1) is 0 Å². The maximum Gasteiger partial charge on any atom is 0.237 e. The van der Waals surface area contributed by atoms with Crippen LogP contribution in [0.2, 0.25) is 0 Å². The van der Waals surface area contributed by atoms with Gasteiger partial charge in [-0.25, -0.2) is 19.3 Å². The lowest BCUT2D eigenvalue weighted by molar-refractivity contribution is -0.127. The molecule has 2 unspecified atom stereocenters. The molecule has 3 N–H and O–H groups in total. The average molecular weight is 526 g/mol. The third-order valence-corrected chi connectivity index (χ3v) is 6.53. The Morgan fingerprint density at radius 2 is 2.03 bits per heavy atom. The highest BCUT2D eigenvalue weighted by atomic mass is 19.1. The highest BCUT2D eigenvalue weighted by molar-refractivity contribution is 5.90. The van der Waals surface area contributed by atoms with E-state index in [4.69, 9.17) is 15.2 Å². The van der Waals surface area contributed by atoms with Crippen LogP contribution in [0.15, 0.2) is 30.7 Å². The number of nitrogen functional groups attached to an aromatic ring is 1. The Bertz CT molecular complexity index is 1210. The van der Waals surface area contributed by atoms with Crippen LogP contribution in [0.1, 0.15) is 44.9 Å². The molecule has 2 atom stereocenters. The van der Waals surface area contributed by atoms with Gasteiger partial charge in [-0.2, -0.15) is 0 Å². The summed E-state index contributed by atoms with van der Waals surface area (Å²) in [6, 6.07) is 3.47. The van der Waals surface area contributed by atoms with Crippen molar-refractivity contribution in [2.45, 2.75) is 57.8 Å². The second-order valence-electron chi connectivity index (χ2n) is 9.52. The van der Waals surface area contributed by atoms with Crippen molar-refractivity contribution in [3.8, 4) is 16.9 Å². The molecule has 1 saturated heterocycles. The van der Waals surface area contributed by atoms with Crippen molar-refractivity contribution in [2.24, 2.45) is 0 Å². The Balaban J connectivity index is 1.42. The quantitative estimate of drug-likeness (QED) is 0.342. The number of carbonyl (C=O) groups is 1. The van der Waals surface area contributed by atoms with Gasteiger partial charge in [-0.05, 0) is 45.0 Å². The second-order valence-corrected chi connectivity index (χ2v) is 9.52. The SMILES string of the molecule is CCCOCc1ncc(-c2ccc3ncc(N)nc3c2OCCC(F)CNC(=O)C2CCCCN2C)cn1. The maximum atomic E-state index is 14.7. The van der Waals surface area contributed by atoms with E-state index in [1.165, 1.54) is 6.20 Å². The van der Waals surface area contributed by atoms with Gasteiger partial charge >= 0.3 is 0 Å². The van der Waals surface area contributed by atoms with Gasteiger partial charge in [-0.1, -0.05) is 13.3 Å². The van der Waals surface area contributed by atoms with Crippen LogP contribution in [0.25, 0.3) is 22.2 Å². The van der Waals surface area contributed by atoms with E-state index in [9.17, 15) is 9.18 Å². The van der Waals surface area contributed by atoms with Gasteiger partial charge in [0, 0.05) is 43.1 Å². The van der Waals surface area contributed by atoms with Crippen molar-refractivity contribution in [1.29, 1.82) is 0 Å². The predicted octanol–water partition coefficient (Wildman–Crippen LogP) is 3.30. The number of aromatic nitrogens is 4. The fourth-order valence-corrected chi connectivity index (χ4v) is 4.44. The molecule has 1 aromatic carbocycles. The van der Waals surface area contributed by atoms with Gasteiger partial charge in [0.15, 0.2) is 11.6 Å². The van der Waals surface area contributed by atoms with Gasteiger partial charge in [0.05, 0.1) is 24.4 Å². The van der Waals surface area contributed by atoms with Gasteiger partial charge in [0.2, 0.25) is 5.91 Å². The van der Waals surface area contributed by atoms with Crippen molar-refractivity contribution in [1.82, 2.24) is 30.2 Å². The number of amides is 1. The number of hydrogen-bond donors (Lipinski definition) is 2. The first-order valence-electron chi connectivity index (χ1n) is 13.1. The number of rotatable bonds is 12. The van der Waals surface area contributed by atoms with Crippen LogP contribution in [-0.4, -0.2) is 76.3 Å². The maximum absolute atomic E-state index is 14.7. The number of carbonyl (C=O) groups excluding carboxylic acids is 1. The number of anilines is 1. The van der Waals surface area contributed by atoms with E-state index in [1.54, 1.807) is 12.4 Å². The van der Waals surface area contributed by atoms with Gasteiger partial charge in [0.1, 0.15) is 24.1 Å². The van der Waals surface area contributed by atoms with E-state index in [-0.39, 0.29) is 37.3 Å². The van der Waals surface area contributed by atoms with E-state index in [1.807, 2.05) is 31.0 Å². The Morgan fingerprint density at radius 1 is 1.21 bits per heavy atom. The molecule has 11 heteroatoms. The molecule has 1 aliphatic rings. The van der Waals surface area contributed by atoms with Crippen molar-refractivity contribution in [3.63, 3.8) is 0 Å². The molecular formula is C27H36FN7O3. The molecule has 204 valence electrons. The van der Waals surface area contributed by atoms with E-state index < -0.39 is 6.17 Å². The molecule has 1 amide bonds. The summed E-state index contributed by atoms with van der Waals surface area (Å²) in [7, 11) is 1.93. The molecule has 1 aliphatic heterocycles. The van der Waals surface area contributed by atoms with Crippen LogP contribution in [0.4, 0.5) is 10.2 Å². The molecule has 0 spiro atoms. The lowest BCUT2D eigenvalue weighted by Crippen LogP contribution is -2.48. The van der Waals surface area contributed by atoms with E-state index in [0.29, 0.717) is 46.9 Å². The molecule has 2 aromatic heterocycles. The number of nitrogens with one attached hydrogen (secondary N) is 1. The lowest BCUT2D eigenvalue weighted by Gasteiger charge is -2.31. The van der Waals surface area contributed by atoms with Crippen LogP contribution in [0, 0.1) is 0 Å². The van der Waals surface area contributed by atoms with Crippen LogP contribution in [0.5, 0.6) is 5.75 Å². The fraction of sp³-hybridized carbons (Fsp3) is 0.519. The van der Waals surface area contributed by atoms with Crippen molar-refractivity contribution >= 4 is 22.8 Å². The zero-order valence-electron chi connectivity index (χ0n) is 22.0. The molecule has 0 saturated carbocycles. The fourth-order valence-electron chi connectivity index (χ4n) is 4.44. The smallest absolute Gasteiger partial charge is 0.237 e. The minimum absolute atomic E-state index is 0.0584. The van der Waals surface area contributed by atoms with Crippen LogP contribution in [0.3, 0.4) is 0 Å². The van der Waals surface area contributed by atoms with Crippen LogP contribution < -0.4 is 15.8 Å². The van der Waals surface area contributed by atoms with E-state index in [0.717, 1.165) is 32.2 Å². The van der Waals surface area contributed by atoms with Crippen molar-refractivity contribution in [3.05, 3.63) is 36.5 Å². The molecular weight excluding hydrogens is 489 g/mol. The van der Waals surface area contributed by atoms with E-state index >= 15 is 0 Å². The monoisotopic (exact) mass is 525 g/mol. The highest BCUT2D eigenvalue weighted by Crippen LogP contribution is 2.35. The summed E-state index contributed by atoms with van der Waals surface area (Å²) in [4.78, 5) is 32.1. The number of nitrogens with zero attached hydrogens (tertiary/aromatic N) is 5. The Hall–Kier alpha value is -3.44. The standard InChI is InChI=1S/C27H36FN7O3/c1-3-11-37-17-24-31-13-18(14-32-24)20-7-8-21-25(34-23(29)16-30-21)26(20)38-12-9-19(28)15-33-27(36)22-6-4-5-10-35(22)2/h7-8,13-14,16,19,22H,3-6,9-12,15,17H2,1-2H3,(H2,29,34)(H,33,36). The van der Waals surface area contributed by atoms with Gasteiger partial charge < -0.3 is 20.5 Å². The van der Waals surface area contributed by atoms with Gasteiger partial charge in [-0.3, -0.25) is 14.7 Å². The first-order valence-corrected chi connectivity index (χ1v) is 13.1. The molecule has 1 fully saturated rings. The van der Waals surface area contributed by atoms with Crippen LogP contribution in [-0.2, 0) is 16.1 Å². The lowest BCUT2D eigenvalue weighted by atomic mass is 10.0. The summed E-state index contributed by atoms with van der Waals surface area (Å²) in [6.07, 6.45) is 7.52. The number of ether oxygens (including phenoxy) is 2. The molecule has 4 rings (SSSR count). The number of likely N-dealkylation sites (N-methyl/N-ethyl adjacent to an activating group) is 1. The molecule has 0 radical (unpaired) electrons. The molecule has 10 nitrogen and oxygen atoms in total. The Kier molecular flexibility index (Phi) is 9.72. The minimum Gasteiger partial charge on any atom is -0.490 e. The number of benzene rings is 1. The topological polar surface area (TPSA) is 128 Å². The molecule has 38 heavy (non-hydrogen) atoms. The highest BCUT2D eigenvalue weighted by Gasteiger charge is 2.26. The zero-order valence-corrected chi connectivity index (χ0v) is 22.0. The number of hydrogen-bond acceptors (Lipinski definition) is 9. The number of likely N-dealkylation sites (tertiary alicyclic amines) is 1. The third kappa shape index (κ3) is 7.11. The van der Waals surface area contributed by atoms with Crippen LogP contribution >= 0.6 is 0 Å². The number of halogens is 1. The predicted molar refractivity (Wildman–Crippen MR) is 143 cm³/mol. The second kappa shape index (κ2) is 13.4. The first kappa shape index (κ1) is 27.6. The minimum atomic E-state index is -1.26. The molecule has 3 aromatic rings. The normalized spacial score (nSPS) is 16.9. The van der Waals surface area contributed by atoms with E-state index in [2.05, 4.69) is 25.3 Å². The Labute approximate surface area is 222 Å².